The van der Waals surface area contributed by atoms with Crippen molar-refractivity contribution in [3.63, 3.8) is 0 Å². The Labute approximate surface area is 90.1 Å². The monoisotopic (exact) mass is 213 g/mol. The molecule has 0 aliphatic carbocycles. The fraction of sp³-hybridized carbons (Fsp3) is 0.700. The average Bonchev–Trinajstić information content (AvgIpc) is 2.66. The van der Waals surface area contributed by atoms with Gasteiger partial charge in [-0.3, -0.25) is 0 Å². The molecule has 1 aromatic heterocycles. The highest BCUT2D eigenvalue weighted by Crippen LogP contribution is 2.17. The van der Waals surface area contributed by atoms with Gasteiger partial charge in [0.25, 0.3) is 0 Å². The first kappa shape index (κ1) is 11.6. The van der Waals surface area contributed by atoms with Crippen LogP contribution < -0.4 is 5.32 Å². The fourth-order valence-electron chi connectivity index (χ4n) is 1.06. The highest BCUT2D eigenvalue weighted by Gasteiger charge is 2.06. The molecule has 1 rings (SSSR count). The number of H-pyrrole nitrogens is 1. The van der Waals surface area contributed by atoms with Crippen molar-refractivity contribution in [2.45, 2.75) is 43.6 Å². The van der Waals surface area contributed by atoms with E-state index in [2.05, 4.69) is 36.1 Å². The van der Waals surface area contributed by atoms with E-state index in [-0.39, 0.29) is 0 Å². The molecule has 0 aliphatic rings. The second-order valence-corrected chi connectivity index (χ2v) is 4.97. The molecule has 0 radical (unpaired) electrons. The van der Waals surface area contributed by atoms with Crippen molar-refractivity contribution in [2.75, 3.05) is 6.54 Å². The summed E-state index contributed by atoms with van der Waals surface area (Å²) in [4.78, 5) is 7.28. The van der Waals surface area contributed by atoms with E-state index in [0.717, 1.165) is 11.7 Å². The van der Waals surface area contributed by atoms with Crippen molar-refractivity contribution in [3.05, 3.63) is 12.4 Å². The van der Waals surface area contributed by atoms with Crippen LogP contribution in [0.4, 0.5) is 0 Å². The minimum atomic E-state index is 0.551. The van der Waals surface area contributed by atoms with Gasteiger partial charge in [0.2, 0.25) is 0 Å². The summed E-state index contributed by atoms with van der Waals surface area (Å²) in [5.74, 6) is 0. The van der Waals surface area contributed by atoms with E-state index in [9.17, 15) is 0 Å². The molecule has 3 nitrogen and oxygen atoms in total. The van der Waals surface area contributed by atoms with Crippen molar-refractivity contribution in [2.24, 2.45) is 0 Å². The van der Waals surface area contributed by atoms with E-state index in [4.69, 9.17) is 0 Å². The minimum Gasteiger partial charge on any atom is -0.340 e. The number of aromatic amines is 1. The number of nitrogens with one attached hydrogen (secondary N) is 2. The number of imidazole rings is 1. The van der Waals surface area contributed by atoms with Crippen LogP contribution in [-0.2, 0) is 0 Å². The number of rotatable bonds is 6. The molecule has 0 fully saturated rings. The van der Waals surface area contributed by atoms with Gasteiger partial charge in [0, 0.05) is 30.2 Å². The standard InChI is InChI=1S/C10H19N3S/c1-4-8(2)13-7-9(3)14-10-11-5-6-12-10/h5-6,8-9,13H,4,7H2,1-3H3,(H,11,12). The normalized spacial score (nSPS) is 15.4. The number of hydrogen-bond acceptors (Lipinski definition) is 3. The van der Waals surface area contributed by atoms with Gasteiger partial charge in [0.05, 0.1) is 0 Å². The molecule has 0 saturated carbocycles. The zero-order valence-corrected chi connectivity index (χ0v) is 9.90. The number of thioether (sulfide) groups is 1. The van der Waals surface area contributed by atoms with Gasteiger partial charge in [0.15, 0.2) is 5.16 Å². The summed E-state index contributed by atoms with van der Waals surface area (Å²) < 4.78 is 0. The molecular weight excluding hydrogens is 194 g/mol. The predicted molar refractivity (Wildman–Crippen MR) is 61.7 cm³/mol. The number of aromatic nitrogens is 2. The molecule has 0 aromatic carbocycles. The maximum absolute atomic E-state index is 4.18. The molecule has 2 atom stereocenters. The Bertz CT molecular complexity index is 236. The Balaban J connectivity index is 2.19. The fourth-order valence-corrected chi connectivity index (χ4v) is 1.88. The Morgan fingerprint density at radius 1 is 1.57 bits per heavy atom. The Hall–Kier alpha value is -0.480. The van der Waals surface area contributed by atoms with E-state index in [1.807, 2.05) is 6.20 Å². The van der Waals surface area contributed by atoms with Crippen LogP contribution in [0.2, 0.25) is 0 Å². The Morgan fingerprint density at radius 3 is 2.93 bits per heavy atom. The predicted octanol–water partition coefficient (Wildman–Crippen LogP) is 2.28. The summed E-state index contributed by atoms with van der Waals surface area (Å²) in [7, 11) is 0. The van der Waals surface area contributed by atoms with Crippen LogP contribution >= 0.6 is 11.8 Å². The van der Waals surface area contributed by atoms with Gasteiger partial charge < -0.3 is 10.3 Å². The van der Waals surface area contributed by atoms with Gasteiger partial charge in [0.1, 0.15) is 0 Å². The van der Waals surface area contributed by atoms with Crippen molar-refractivity contribution < 1.29 is 0 Å². The van der Waals surface area contributed by atoms with Crippen LogP contribution in [0.3, 0.4) is 0 Å². The van der Waals surface area contributed by atoms with Gasteiger partial charge >= 0.3 is 0 Å². The molecule has 0 saturated heterocycles. The van der Waals surface area contributed by atoms with Crippen LogP contribution in [0, 0.1) is 0 Å². The van der Waals surface area contributed by atoms with Crippen molar-refractivity contribution >= 4 is 11.8 Å². The lowest BCUT2D eigenvalue weighted by Crippen LogP contribution is -2.30. The molecule has 1 aromatic rings. The minimum absolute atomic E-state index is 0.551. The van der Waals surface area contributed by atoms with Crippen LogP contribution in [0.15, 0.2) is 17.6 Å². The lowest BCUT2D eigenvalue weighted by atomic mass is 10.2. The van der Waals surface area contributed by atoms with E-state index in [1.54, 1.807) is 18.0 Å². The summed E-state index contributed by atoms with van der Waals surface area (Å²) in [5, 5.41) is 5.04. The van der Waals surface area contributed by atoms with Crippen LogP contribution in [0.1, 0.15) is 27.2 Å². The summed E-state index contributed by atoms with van der Waals surface area (Å²) in [6.07, 6.45) is 4.83. The van der Waals surface area contributed by atoms with E-state index in [0.29, 0.717) is 11.3 Å². The highest BCUT2D eigenvalue weighted by atomic mass is 32.2. The molecule has 0 spiro atoms. The Kier molecular flexibility index (Phi) is 5.04. The lowest BCUT2D eigenvalue weighted by Gasteiger charge is -2.15. The molecule has 0 aliphatic heterocycles. The molecule has 4 heteroatoms. The summed E-state index contributed by atoms with van der Waals surface area (Å²) >= 11 is 1.77. The molecule has 80 valence electrons. The van der Waals surface area contributed by atoms with E-state index >= 15 is 0 Å². The SMILES string of the molecule is CCC(C)NCC(C)Sc1ncc[nH]1. The second kappa shape index (κ2) is 6.09. The Morgan fingerprint density at radius 2 is 2.36 bits per heavy atom. The molecule has 2 N–H and O–H groups in total. The third kappa shape index (κ3) is 4.15. The molecule has 1 heterocycles. The van der Waals surface area contributed by atoms with Gasteiger partial charge in [-0.05, 0) is 13.3 Å². The molecule has 2 unspecified atom stereocenters. The maximum Gasteiger partial charge on any atom is 0.165 e. The van der Waals surface area contributed by atoms with Crippen molar-refractivity contribution in [3.8, 4) is 0 Å². The topological polar surface area (TPSA) is 40.7 Å². The molecular formula is C10H19N3S. The molecule has 0 amide bonds. The summed E-state index contributed by atoms with van der Waals surface area (Å²) in [6.45, 7) is 7.65. The first-order chi connectivity index (χ1) is 6.72. The molecule has 14 heavy (non-hydrogen) atoms. The summed E-state index contributed by atoms with van der Waals surface area (Å²) in [6, 6.07) is 0.606. The quantitative estimate of drug-likeness (QED) is 0.712. The first-order valence-corrected chi connectivity index (χ1v) is 5.99. The van der Waals surface area contributed by atoms with Crippen LogP contribution in [0.25, 0.3) is 0 Å². The second-order valence-electron chi connectivity index (χ2n) is 3.54. The smallest absolute Gasteiger partial charge is 0.165 e. The highest BCUT2D eigenvalue weighted by molar-refractivity contribution is 7.99. The first-order valence-electron chi connectivity index (χ1n) is 5.11. The van der Waals surface area contributed by atoms with E-state index < -0.39 is 0 Å². The third-order valence-corrected chi connectivity index (χ3v) is 3.17. The van der Waals surface area contributed by atoms with Gasteiger partial charge in [-0.25, -0.2) is 4.98 Å². The van der Waals surface area contributed by atoms with Crippen LogP contribution in [0.5, 0.6) is 0 Å². The van der Waals surface area contributed by atoms with Gasteiger partial charge in [-0.1, -0.05) is 25.6 Å². The third-order valence-electron chi connectivity index (χ3n) is 2.15. The van der Waals surface area contributed by atoms with Gasteiger partial charge in [-0.15, -0.1) is 0 Å². The average molecular weight is 213 g/mol. The number of nitrogens with zero attached hydrogens (tertiary/aromatic N) is 1. The zero-order valence-electron chi connectivity index (χ0n) is 9.08. The van der Waals surface area contributed by atoms with Crippen LogP contribution in [-0.4, -0.2) is 27.8 Å². The molecule has 0 bridgehead atoms. The van der Waals surface area contributed by atoms with Crippen molar-refractivity contribution in [1.29, 1.82) is 0 Å². The largest absolute Gasteiger partial charge is 0.340 e. The maximum atomic E-state index is 4.18. The summed E-state index contributed by atoms with van der Waals surface area (Å²) in [5.41, 5.74) is 0. The van der Waals surface area contributed by atoms with E-state index in [1.165, 1.54) is 6.42 Å². The zero-order chi connectivity index (χ0) is 10.4. The van der Waals surface area contributed by atoms with Gasteiger partial charge in [-0.2, -0.15) is 0 Å². The van der Waals surface area contributed by atoms with Crippen molar-refractivity contribution in [1.82, 2.24) is 15.3 Å². The lowest BCUT2D eigenvalue weighted by molar-refractivity contribution is 0.536. The number of hydrogen-bond donors (Lipinski definition) is 2.